The van der Waals surface area contributed by atoms with Gasteiger partial charge in [-0.15, -0.1) is 0 Å². The van der Waals surface area contributed by atoms with Crippen molar-refractivity contribution in [1.82, 2.24) is 4.98 Å². The molecule has 1 heterocycles. The van der Waals surface area contributed by atoms with Crippen molar-refractivity contribution in [2.75, 3.05) is 11.9 Å². The number of fused-ring (bicyclic) bond motifs is 1. The molecular weight excluding hydrogens is 264 g/mol. The Bertz CT molecular complexity index is 629. The molecule has 21 heavy (non-hydrogen) atoms. The molecule has 1 aromatic carbocycles. The summed E-state index contributed by atoms with van der Waals surface area (Å²) in [5.74, 6) is 0.823. The molecule has 1 aliphatic carbocycles. The molecule has 0 spiro atoms. The minimum absolute atomic E-state index is 0.00288. The lowest BCUT2D eigenvalue weighted by Gasteiger charge is -2.36. The molecule has 0 aliphatic heterocycles. The molecule has 2 atom stereocenters. The number of likely N-dealkylation sites (N-methyl/N-ethyl adjacent to an activating group) is 1. The minimum atomic E-state index is -0.297. The van der Waals surface area contributed by atoms with Gasteiger partial charge >= 0.3 is 0 Å². The number of anilines is 1. The van der Waals surface area contributed by atoms with E-state index < -0.39 is 0 Å². The van der Waals surface area contributed by atoms with Gasteiger partial charge in [0.1, 0.15) is 5.82 Å². The van der Waals surface area contributed by atoms with Crippen molar-refractivity contribution in [1.29, 1.82) is 0 Å². The summed E-state index contributed by atoms with van der Waals surface area (Å²) in [6.07, 6.45) is 3.79. The van der Waals surface area contributed by atoms with Gasteiger partial charge in [-0.25, -0.2) is 4.98 Å². The lowest BCUT2D eigenvalue weighted by Crippen LogP contribution is -2.43. The van der Waals surface area contributed by atoms with Crippen LogP contribution in [0.3, 0.4) is 0 Å². The first-order chi connectivity index (χ1) is 10.2. The zero-order valence-corrected chi connectivity index (χ0v) is 12.4. The van der Waals surface area contributed by atoms with Gasteiger partial charge in [0.05, 0.1) is 24.3 Å². The van der Waals surface area contributed by atoms with Crippen LogP contribution < -0.4 is 4.90 Å². The van der Waals surface area contributed by atoms with Crippen LogP contribution >= 0.6 is 0 Å². The smallest absolute Gasteiger partial charge is 0.129 e. The largest absolute Gasteiger partial charge is 0.392 e. The number of aliphatic hydroxyl groups excluding tert-OH is 2. The van der Waals surface area contributed by atoms with E-state index >= 15 is 0 Å². The van der Waals surface area contributed by atoms with E-state index in [-0.39, 0.29) is 18.8 Å². The van der Waals surface area contributed by atoms with Crippen molar-refractivity contribution >= 4 is 16.7 Å². The van der Waals surface area contributed by atoms with E-state index in [0.717, 1.165) is 48.0 Å². The number of rotatable bonds is 3. The zero-order chi connectivity index (χ0) is 14.8. The summed E-state index contributed by atoms with van der Waals surface area (Å²) in [6, 6.07) is 9.89. The molecule has 1 fully saturated rings. The number of aromatic nitrogens is 1. The fourth-order valence-corrected chi connectivity index (χ4v) is 3.26. The molecular formula is C17H22N2O2. The van der Waals surface area contributed by atoms with Crippen molar-refractivity contribution < 1.29 is 10.2 Å². The van der Waals surface area contributed by atoms with E-state index in [0.29, 0.717) is 0 Å². The Morgan fingerprint density at radius 1 is 1.24 bits per heavy atom. The van der Waals surface area contributed by atoms with Crippen molar-refractivity contribution in [3.8, 4) is 0 Å². The van der Waals surface area contributed by atoms with Crippen molar-refractivity contribution in [2.45, 2.75) is 44.4 Å². The topological polar surface area (TPSA) is 56.6 Å². The number of pyridine rings is 1. The maximum atomic E-state index is 10.2. The van der Waals surface area contributed by atoms with Crippen molar-refractivity contribution in [3.05, 3.63) is 35.9 Å². The van der Waals surface area contributed by atoms with Gasteiger partial charge in [-0.3, -0.25) is 0 Å². The molecule has 4 nitrogen and oxygen atoms in total. The van der Waals surface area contributed by atoms with E-state index in [1.165, 1.54) is 0 Å². The third kappa shape index (κ3) is 2.74. The first-order valence-corrected chi connectivity index (χ1v) is 7.61. The molecule has 1 aromatic heterocycles. The van der Waals surface area contributed by atoms with Crippen molar-refractivity contribution in [3.63, 3.8) is 0 Å². The number of aliphatic hydroxyl groups is 2. The number of para-hydroxylation sites is 1. The maximum absolute atomic E-state index is 10.2. The lowest BCUT2D eigenvalue weighted by atomic mass is 9.91. The van der Waals surface area contributed by atoms with E-state index in [1.807, 2.05) is 37.4 Å². The molecule has 2 unspecified atom stereocenters. The lowest BCUT2D eigenvalue weighted by molar-refractivity contribution is 0.106. The molecule has 0 bridgehead atoms. The van der Waals surface area contributed by atoms with Gasteiger partial charge in [-0.2, -0.15) is 0 Å². The average Bonchev–Trinajstić information content (AvgIpc) is 2.53. The molecule has 1 aliphatic rings. The van der Waals surface area contributed by atoms with E-state index in [1.54, 1.807) is 0 Å². The number of benzene rings is 1. The van der Waals surface area contributed by atoms with Gasteiger partial charge < -0.3 is 15.1 Å². The van der Waals surface area contributed by atoms with E-state index in [9.17, 15) is 10.2 Å². The van der Waals surface area contributed by atoms with Crippen LogP contribution in [0.25, 0.3) is 10.9 Å². The summed E-state index contributed by atoms with van der Waals surface area (Å²) in [4.78, 5) is 6.76. The normalized spacial score (nSPS) is 22.4. The van der Waals surface area contributed by atoms with Gasteiger partial charge in [0.15, 0.2) is 0 Å². The van der Waals surface area contributed by atoms with Crippen LogP contribution in [0.1, 0.15) is 31.2 Å². The number of hydrogen-bond donors (Lipinski definition) is 2. The van der Waals surface area contributed by atoms with Crippen LogP contribution in [0.2, 0.25) is 0 Å². The Morgan fingerprint density at radius 2 is 2.00 bits per heavy atom. The zero-order valence-electron chi connectivity index (χ0n) is 12.4. The summed E-state index contributed by atoms with van der Waals surface area (Å²) >= 11 is 0. The molecule has 112 valence electrons. The number of nitrogens with zero attached hydrogens (tertiary/aromatic N) is 2. The summed E-state index contributed by atoms with van der Waals surface area (Å²) in [7, 11) is 1.98. The van der Waals surface area contributed by atoms with Crippen LogP contribution in [0.5, 0.6) is 0 Å². The van der Waals surface area contributed by atoms with Gasteiger partial charge in [-0.05, 0) is 30.5 Å². The number of hydrogen-bond acceptors (Lipinski definition) is 4. The van der Waals surface area contributed by atoms with Gasteiger partial charge in [0.25, 0.3) is 0 Å². The van der Waals surface area contributed by atoms with Crippen LogP contribution in [0.15, 0.2) is 30.3 Å². The molecule has 3 rings (SSSR count). The Balaban J connectivity index is 1.99. The highest BCUT2D eigenvalue weighted by Gasteiger charge is 2.27. The highest BCUT2D eigenvalue weighted by molar-refractivity contribution is 5.84. The van der Waals surface area contributed by atoms with Crippen LogP contribution in [0.4, 0.5) is 5.82 Å². The molecule has 0 radical (unpaired) electrons. The van der Waals surface area contributed by atoms with E-state index in [2.05, 4.69) is 4.90 Å². The second kappa shape index (κ2) is 6.00. The molecule has 2 N–H and O–H groups in total. The van der Waals surface area contributed by atoms with Crippen molar-refractivity contribution in [2.24, 2.45) is 0 Å². The average molecular weight is 286 g/mol. The van der Waals surface area contributed by atoms with Crippen LogP contribution in [0, 0.1) is 0 Å². The first-order valence-electron chi connectivity index (χ1n) is 7.61. The van der Waals surface area contributed by atoms with Gasteiger partial charge in [0.2, 0.25) is 0 Å². The molecule has 0 amide bonds. The second-order valence-corrected chi connectivity index (χ2v) is 5.84. The highest BCUT2D eigenvalue weighted by Crippen LogP contribution is 2.28. The predicted octanol–water partition coefficient (Wildman–Crippen LogP) is 2.47. The van der Waals surface area contributed by atoms with Gasteiger partial charge in [-0.1, -0.05) is 31.0 Å². The Labute approximate surface area is 125 Å². The fourth-order valence-electron chi connectivity index (χ4n) is 3.26. The molecule has 0 saturated heterocycles. The Kier molecular flexibility index (Phi) is 4.08. The fraction of sp³-hybridized carbons (Fsp3) is 0.471. The SMILES string of the molecule is CN(c1cc(CO)c2ccccc2n1)C1CCCCC1O. The molecule has 2 aromatic rings. The summed E-state index contributed by atoms with van der Waals surface area (Å²) in [5.41, 5.74) is 1.77. The highest BCUT2D eigenvalue weighted by atomic mass is 16.3. The quantitative estimate of drug-likeness (QED) is 0.910. The first kappa shape index (κ1) is 14.3. The molecule has 4 heteroatoms. The van der Waals surface area contributed by atoms with Gasteiger partial charge in [0, 0.05) is 12.4 Å². The third-order valence-corrected chi connectivity index (χ3v) is 4.51. The predicted molar refractivity (Wildman–Crippen MR) is 84.3 cm³/mol. The summed E-state index contributed by atoms with van der Waals surface area (Å²) < 4.78 is 0. The van der Waals surface area contributed by atoms with Crippen LogP contribution in [-0.4, -0.2) is 34.4 Å². The Hall–Kier alpha value is -1.65. The standard InChI is InChI=1S/C17H22N2O2/c1-19(15-8-4-5-9-16(15)21)17-10-12(11-20)13-6-2-3-7-14(13)18-17/h2-3,6-7,10,15-16,20-21H,4-5,8-9,11H2,1H3. The van der Waals surface area contributed by atoms with E-state index in [4.69, 9.17) is 4.98 Å². The summed E-state index contributed by atoms with van der Waals surface area (Å²) in [6.45, 7) is -0.00288. The minimum Gasteiger partial charge on any atom is -0.392 e. The maximum Gasteiger partial charge on any atom is 0.129 e. The summed E-state index contributed by atoms with van der Waals surface area (Å²) in [5, 5.41) is 20.8. The monoisotopic (exact) mass is 286 g/mol. The third-order valence-electron chi connectivity index (χ3n) is 4.51. The molecule has 1 saturated carbocycles. The van der Waals surface area contributed by atoms with Crippen LogP contribution in [-0.2, 0) is 6.61 Å². The second-order valence-electron chi connectivity index (χ2n) is 5.84. The Morgan fingerprint density at radius 3 is 2.76 bits per heavy atom.